The number of likely N-dealkylation sites (tertiary alicyclic amines) is 1. The van der Waals surface area contributed by atoms with Gasteiger partial charge in [0.1, 0.15) is 6.04 Å². The zero-order valence-corrected chi connectivity index (χ0v) is 9.71. The van der Waals surface area contributed by atoms with Gasteiger partial charge in [-0.05, 0) is 32.1 Å². The summed E-state index contributed by atoms with van der Waals surface area (Å²) in [5.41, 5.74) is 0. The Morgan fingerprint density at radius 3 is 2.81 bits per heavy atom. The smallest absolute Gasteiger partial charge is 0.242 e. The van der Waals surface area contributed by atoms with Crippen LogP contribution < -0.4 is 5.32 Å². The second-order valence-corrected chi connectivity index (χ2v) is 4.70. The van der Waals surface area contributed by atoms with Gasteiger partial charge in [-0.3, -0.25) is 9.59 Å². The molecule has 4 heteroatoms. The zero-order valence-electron chi connectivity index (χ0n) is 9.71. The van der Waals surface area contributed by atoms with E-state index < -0.39 is 0 Å². The number of nitrogens with one attached hydrogen (secondary N) is 1. The third-order valence-electron chi connectivity index (χ3n) is 3.49. The van der Waals surface area contributed by atoms with Gasteiger partial charge in [0.15, 0.2) is 0 Å². The molecule has 2 fully saturated rings. The van der Waals surface area contributed by atoms with E-state index in [1.54, 1.807) is 0 Å². The highest BCUT2D eigenvalue weighted by molar-refractivity contribution is 5.87. The molecule has 2 heterocycles. The molecular weight excluding hydrogens is 204 g/mol. The molecule has 2 aliphatic rings. The van der Waals surface area contributed by atoms with Gasteiger partial charge in [0, 0.05) is 19.5 Å². The number of amides is 2. The first kappa shape index (κ1) is 11.4. The van der Waals surface area contributed by atoms with Crippen molar-refractivity contribution in [2.24, 2.45) is 0 Å². The summed E-state index contributed by atoms with van der Waals surface area (Å²) in [5, 5.41) is 2.90. The monoisotopic (exact) mass is 224 g/mol. The fourth-order valence-corrected chi connectivity index (χ4v) is 2.55. The first-order valence-corrected chi connectivity index (χ1v) is 6.36. The lowest BCUT2D eigenvalue weighted by molar-refractivity contribution is -0.140. The van der Waals surface area contributed by atoms with Crippen LogP contribution in [0.5, 0.6) is 0 Å². The lowest BCUT2D eigenvalue weighted by atomic mass is 10.1. The number of carbonyl (C=O) groups excluding carboxylic acids is 2. The third-order valence-corrected chi connectivity index (χ3v) is 3.49. The first-order chi connectivity index (χ1) is 7.79. The van der Waals surface area contributed by atoms with Gasteiger partial charge in [-0.2, -0.15) is 0 Å². The molecule has 4 nitrogen and oxygen atoms in total. The largest absolute Gasteiger partial charge is 0.354 e. The Hall–Kier alpha value is -1.06. The molecule has 0 aromatic heterocycles. The van der Waals surface area contributed by atoms with E-state index >= 15 is 0 Å². The van der Waals surface area contributed by atoms with Gasteiger partial charge in [0.2, 0.25) is 11.8 Å². The molecule has 1 atom stereocenters. The van der Waals surface area contributed by atoms with Crippen molar-refractivity contribution in [2.45, 2.75) is 51.0 Å². The van der Waals surface area contributed by atoms with Crippen LogP contribution in [0, 0.1) is 0 Å². The van der Waals surface area contributed by atoms with Crippen molar-refractivity contribution < 1.29 is 9.59 Å². The third kappa shape index (κ3) is 2.54. The van der Waals surface area contributed by atoms with Crippen molar-refractivity contribution in [2.75, 3.05) is 13.1 Å². The highest BCUT2D eigenvalue weighted by atomic mass is 16.2. The number of carbonyl (C=O) groups is 2. The second-order valence-electron chi connectivity index (χ2n) is 4.70. The first-order valence-electron chi connectivity index (χ1n) is 6.36. The summed E-state index contributed by atoms with van der Waals surface area (Å²) in [7, 11) is 0. The molecule has 2 saturated heterocycles. The van der Waals surface area contributed by atoms with Crippen LogP contribution in [0.15, 0.2) is 0 Å². The number of nitrogens with zero attached hydrogens (tertiary/aromatic N) is 1. The predicted molar refractivity (Wildman–Crippen MR) is 60.8 cm³/mol. The Kier molecular flexibility index (Phi) is 3.80. The molecule has 0 saturated carbocycles. The minimum Gasteiger partial charge on any atom is -0.354 e. The minimum absolute atomic E-state index is 0.0488. The van der Waals surface area contributed by atoms with Crippen LogP contribution in [-0.2, 0) is 9.59 Å². The number of rotatable bonds is 1. The number of hydrogen-bond acceptors (Lipinski definition) is 2. The van der Waals surface area contributed by atoms with E-state index in [4.69, 9.17) is 0 Å². The molecule has 2 amide bonds. The summed E-state index contributed by atoms with van der Waals surface area (Å²) in [5.74, 6) is 0.215. The molecule has 0 aromatic rings. The Morgan fingerprint density at radius 1 is 1.06 bits per heavy atom. The van der Waals surface area contributed by atoms with Crippen molar-refractivity contribution in [3.8, 4) is 0 Å². The highest BCUT2D eigenvalue weighted by Crippen LogP contribution is 2.18. The molecule has 90 valence electrons. The maximum Gasteiger partial charge on any atom is 0.242 e. The molecule has 1 unspecified atom stereocenters. The Labute approximate surface area is 96.4 Å². The molecule has 1 N–H and O–H groups in total. The second kappa shape index (κ2) is 5.32. The summed E-state index contributed by atoms with van der Waals surface area (Å²) in [6.07, 6.45) is 6.63. The van der Waals surface area contributed by atoms with Gasteiger partial charge in [-0.1, -0.05) is 6.42 Å². The summed E-state index contributed by atoms with van der Waals surface area (Å²) in [6, 6.07) is -0.201. The highest BCUT2D eigenvalue weighted by Gasteiger charge is 2.30. The summed E-state index contributed by atoms with van der Waals surface area (Å²) >= 11 is 0. The number of hydrogen-bond donors (Lipinski definition) is 1. The van der Waals surface area contributed by atoms with Crippen LogP contribution in [0.4, 0.5) is 0 Å². The van der Waals surface area contributed by atoms with Crippen LogP contribution in [0.1, 0.15) is 44.9 Å². The predicted octanol–water partition coefficient (Wildman–Crippen LogP) is 1.06. The van der Waals surface area contributed by atoms with E-state index in [9.17, 15) is 9.59 Å². The maximum atomic E-state index is 11.9. The lowest BCUT2D eigenvalue weighted by Gasteiger charge is -2.28. The summed E-state index contributed by atoms with van der Waals surface area (Å²) in [6.45, 7) is 1.52. The fourth-order valence-electron chi connectivity index (χ4n) is 2.55. The van der Waals surface area contributed by atoms with Crippen LogP contribution >= 0.6 is 0 Å². The van der Waals surface area contributed by atoms with E-state index in [1.807, 2.05) is 4.90 Å². The molecular formula is C12H20N2O2. The van der Waals surface area contributed by atoms with Gasteiger partial charge in [-0.25, -0.2) is 0 Å². The van der Waals surface area contributed by atoms with Crippen molar-refractivity contribution in [1.82, 2.24) is 10.2 Å². The molecule has 0 spiro atoms. The topological polar surface area (TPSA) is 49.4 Å². The Bertz CT molecular complexity index is 250. The normalized spacial score (nSPS) is 28.2. The zero-order chi connectivity index (χ0) is 11.4. The summed E-state index contributed by atoms with van der Waals surface area (Å²) < 4.78 is 0. The standard InChI is InChI=1S/C12H20N2O2/c15-11-7-2-1-5-9-14(11)10-6-3-4-8-13-12(10)16/h10H,1-9H2,(H,13,16). The molecule has 0 radical (unpaired) electrons. The summed E-state index contributed by atoms with van der Waals surface area (Å²) in [4.78, 5) is 25.6. The molecule has 0 aromatic carbocycles. The molecule has 0 bridgehead atoms. The van der Waals surface area contributed by atoms with Gasteiger partial charge in [0.25, 0.3) is 0 Å². The average Bonchev–Trinajstić information content (AvgIpc) is 2.59. The Balaban J connectivity index is 2.07. The molecule has 2 rings (SSSR count). The van der Waals surface area contributed by atoms with E-state index in [1.165, 1.54) is 0 Å². The van der Waals surface area contributed by atoms with E-state index in [0.717, 1.165) is 51.6 Å². The van der Waals surface area contributed by atoms with Crippen molar-refractivity contribution in [3.05, 3.63) is 0 Å². The fraction of sp³-hybridized carbons (Fsp3) is 0.833. The molecule has 0 aliphatic carbocycles. The van der Waals surface area contributed by atoms with Crippen molar-refractivity contribution >= 4 is 11.8 Å². The van der Waals surface area contributed by atoms with Crippen molar-refractivity contribution in [3.63, 3.8) is 0 Å². The molecule has 16 heavy (non-hydrogen) atoms. The van der Waals surface area contributed by atoms with E-state index in [-0.39, 0.29) is 17.9 Å². The van der Waals surface area contributed by atoms with Gasteiger partial charge >= 0.3 is 0 Å². The SMILES string of the molecule is O=C1NCCCCC1N1CCCCCC1=O. The van der Waals surface area contributed by atoms with E-state index in [0.29, 0.717) is 6.42 Å². The maximum absolute atomic E-state index is 11.9. The van der Waals surface area contributed by atoms with Crippen LogP contribution in [0.25, 0.3) is 0 Å². The minimum atomic E-state index is -0.201. The van der Waals surface area contributed by atoms with Crippen LogP contribution in [0.2, 0.25) is 0 Å². The van der Waals surface area contributed by atoms with Crippen molar-refractivity contribution in [1.29, 1.82) is 0 Å². The van der Waals surface area contributed by atoms with Gasteiger partial charge in [-0.15, -0.1) is 0 Å². The quantitative estimate of drug-likeness (QED) is 0.724. The van der Waals surface area contributed by atoms with Crippen LogP contribution in [0.3, 0.4) is 0 Å². The lowest BCUT2D eigenvalue weighted by Crippen LogP contribution is -2.48. The molecule has 2 aliphatic heterocycles. The average molecular weight is 224 g/mol. The van der Waals surface area contributed by atoms with Gasteiger partial charge in [0.05, 0.1) is 0 Å². The van der Waals surface area contributed by atoms with Gasteiger partial charge < -0.3 is 10.2 Å². The van der Waals surface area contributed by atoms with Crippen LogP contribution in [-0.4, -0.2) is 35.8 Å². The Morgan fingerprint density at radius 2 is 1.94 bits per heavy atom. The van der Waals surface area contributed by atoms with E-state index in [2.05, 4.69) is 5.32 Å².